The molecule has 0 heterocycles. The molecular formula is C20H23NO4. The molecule has 0 fully saturated rings. The summed E-state index contributed by atoms with van der Waals surface area (Å²) < 4.78 is 10.6. The van der Waals surface area contributed by atoms with E-state index in [2.05, 4.69) is 5.32 Å². The summed E-state index contributed by atoms with van der Waals surface area (Å²) >= 11 is 0. The minimum Gasteiger partial charge on any atom is -0.480 e. The van der Waals surface area contributed by atoms with Crippen molar-refractivity contribution in [3.8, 4) is 5.75 Å². The summed E-state index contributed by atoms with van der Waals surface area (Å²) in [5, 5.41) is 2.79. The molecule has 0 spiro atoms. The summed E-state index contributed by atoms with van der Waals surface area (Å²) in [5.74, 6) is -0.00879. The maximum absolute atomic E-state index is 12.5. The van der Waals surface area contributed by atoms with Crippen molar-refractivity contribution in [3.05, 3.63) is 59.2 Å². The van der Waals surface area contributed by atoms with E-state index < -0.39 is 12.1 Å². The Labute approximate surface area is 148 Å². The van der Waals surface area contributed by atoms with Gasteiger partial charge in [0.25, 0.3) is 5.91 Å². The highest BCUT2D eigenvalue weighted by molar-refractivity contribution is 5.96. The molecule has 2 aromatic rings. The lowest BCUT2D eigenvalue weighted by atomic mass is 10.1. The highest BCUT2D eigenvalue weighted by atomic mass is 16.5. The molecule has 132 valence electrons. The normalized spacial score (nSPS) is 11.5. The summed E-state index contributed by atoms with van der Waals surface area (Å²) in [6.45, 7) is 5.81. The Kier molecular flexibility index (Phi) is 6.17. The Hall–Kier alpha value is -2.82. The van der Waals surface area contributed by atoms with E-state index in [9.17, 15) is 9.59 Å². The number of hydrogen-bond donors (Lipinski definition) is 1. The van der Waals surface area contributed by atoms with Crippen LogP contribution in [0.5, 0.6) is 5.75 Å². The minimum absolute atomic E-state index is 0.259. The van der Waals surface area contributed by atoms with Crippen molar-refractivity contribution in [1.82, 2.24) is 0 Å². The van der Waals surface area contributed by atoms with Gasteiger partial charge < -0.3 is 14.8 Å². The quantitative estimate of drug-likeness (QED) is 0.810. The van der Waals surface area contributed by atoms with Crippen LogP contribution in [-0.2, 0) is 9.53 Å². The molecule has 1 N–H and O–H groups in total. The van der Waals surface area contributed by atoms with Crippen molar-refractivity contribution >= 4 is 17.6 Å². The third-order valence-electron chi connectivity index (χ3n) is 3.83. The molecule has 0 aliphatic heterocycles. The molecule has 5 heteroatoms. The lowest BCUT2D eigenvalue weighted by Crippen LogP contribution is -2.32. The fourth-order valence-corrected chi connectivity index (χ4v) is 2.37. The maximum atomic E-state index is 12.5. The topological polar surface area (TPSA) is 64.6 Å². The number of esters is 1. The molecule has 0 aliphatic carbocycles. The van der Waals surface area contributed by atoms with E-state index >= 15 is 0 Å². The molecule has 5 nitrogen and oxygen atoms in total. The molecule has 0 bridgehead atoms. The molecule has 0 radical (unpaired) electrons. The zero-order valence-electron chi connectivity index (χ0n) is 15.0. The van der Waals surface area contributed by atoms with Crippen molar-refractivity contribution < 1.29 is 19.1 Å². The van der Waals surface area contributed by atoms with Crippen molar-refractivity contribution in [1.29, 1.82) is 0 Å². The first-order chi connectivity index (χ1) is 11.9. The number of benzene rings is 2. The highest BCUT2D eigenvalue weighted by Gasteiger charge is 2.20. The molecule has 0 aromatic heterocycles. The van der Waals surface area contributed by atoms with Gasteiger partial charge in [-0.1, -0.05) is 25.1 Å². The minimum atomic E-state index is -0.623. The molecular weight excluding hydrogens is 318 g/mol. The molecule has 1 unspecified atom stereocenters. The summed E-state index contributed by atoms with van der Waals surface area (Å²) in [6.07, 6.45) is -0.0992. The monoisotopic (exact) mass is 341 g/mol. The first-order valence-electron chi connectivity index (χ1n) is 8.17. The smallest absolute Gasteiger partial charge is 0.337 e. The fourth-order valence-electron chi connectivity index (χ4n) is 2.37. The van der Waals surface area contributed by atoms with Crippen molar-refractivity contribution in [2.75, 3.05) is 12.4 Å². The predicted octanol–water partition coefficient (Wildman–Crippen LogP) is 3.89. The van der Waals surface area contributed by atoms with Crippen molar-refractivity contribution in [3.63, 3.8) is 0 Å². The number of nitrogens with one attached hydrogen (secondary N) is 1. The summed E-state index contributed by atoms with van der Waals surface area (Å²) in [7, 11) is 1.32. The van der Waals surface area contributed by atoms with Crippen LogP contribution in [0.2, 0.25) is 0 Å². The number of aryl methyl sites for hydroxylation is 2. The third-order valence-corrected chi connectivity index (χ3v) is 3.83. The Bertz CT molecular complexity index is 770. The van der Waals surface area contributed by atoms with Gasteiger partial charge in [-0.25, -0.2) is 4.79 Å². The van der Waals surface area contributed by atoms with Crippen LogP contribution < -0.4 is 10.1 Å². The van der Waals surface area contributed by atoms with Gasteiger partial charge in [-0.15, -0.1) is 0 Å². The van der Waals surface area contributed by atoms with E-state index in [1.165, 1.54) is 7.11 Å². The number of carbonyl (C=O) groups excluding carboxylic acids is 2. The Morgan fingerprint density at radius 2 is 1.88 bits per heavy atom. The number of carbonyl (C=O) groups is 2. The van der Waals surface area contributed by atoms with E-state index in [0.717, 1.165) is 11.1 Å². The molecule has 1 atom stereocenters. The molecule has 0 saturated carbocycles. The molecule has 2 rings (SSSR count). The van der Waals surface area contributed by atoms with Gasteiger partial charge in [0.1, 0.15) is 5.75 Å². The van der Waals surface area contributed by atoms with Crippen LogP contribution in [0, 0.1) is 13.8 Å². The van der Waals surface area contributed by atoms with Crippen molar-refractivity contribution in [2.24, 2.45) is 0 Å². The molecule has 0 saturated heterocycles. The van der Waals surface area contributed by atoms with Crippen LogP contribution in [0.4, 0.5) is 5.69 Å². The first kappa shape index (κ1) is 18.5. The number of rotatable bonds is 6. The van der Waals surface area contributed by atoms with Crippen molar-refractivity contribution in [2.45, 2.75) is 33.3 Å². The van der Waals surface area contributed by atoms with Gasteiger partial charge in [0, 0.05) is 5.69 Å². The zero-order valence-corrected chi connectivity index (χ0v) is 15.0. The number of hydrogen-bond acceptors (Lipinski definition) is 4. The van der Waals surface area contributed by atoms with Crippen LogP contribution in [0.1, 0.15) is 34.8 Å². The number of ether oxygens (including phenoxy) is 2. The molecule has 2 aromatic carbocycles. The van der Waals surface area contributed by atoms with Gasteiger partial charge in [-0.05, 0) is 55.7 Å². The lowest BCUT2D eigenvalue weighted by molar-refractivity contribution is -0.122. The number of amides is 1. The van der Waals surface area contributed by atoms with Crippen LogP contribution in [0.25, 0.3) is 0 Å². The SMILES string of the molecule is CCC(Oc1cc(C)ccc1C)C(=O)Nc1cccc(C(=O)OC)c1. The van der Waals surface area contributed by atoms with Crippen LogP contribution in [0.15, 0.2) is 42.5 Å². The Balaban J connectivity index is 2.12. The molecule has 25 heavy (non-hydrogen) atoms. The van der Waals surface area contributed by atoms with E-state index in [1.807, 2.05) is 39.0 Å². The molecule has 1 amide bonds. The lowest BCUT2D eigenvalue weighted by Gasteiger charge is -2.19. The van der Waals surface area contributed by atoms with Crippen LogP contribution in [0.3, 0.4) is 0 Å². The highest BCUT2D eigenvalue weighted by Crippen LogP contribution is 2.22. The second-order valence-electron chi connectivity index (χ2n) is 5.85. The summed E-state index contributed by atoms with van der Waals surface area (Å²) in [5.41, 5.74) is 2.95. The second-order valence-corrected chi connectivity index (χ2v) is 5.85. The predicted molar refractivity (Wildman–Crippen MR) is 97.0 cm³/mol. The van der Waals surface area contributed by atoms with Gasteiger partial charge in [0.05, 0.1) is 12.7 Å². The standard InChI is InChI=1S/C20H23NO4/c1-5-17(25-18-11-13(2)9-10-14(18)3)19(22)21-16-8-6-7-15(12-16)20(23)24-4/h6-12,17H,5H2,1-4H3,(H,21,22). The fraction of sp³-hybridized carbons (Fsp3) is 0.300. The average Bonchev–Trinajstić information content (AvgIpc) is 2.61. The van der Waals surface area contributed by atoms with Crippen LogP contribution >= 0.6 is 0 Å². The Morgan fingerprint density at radius 1 is 1.12 bits per heavy atom. The summed E-state index contributed by atoms with van der Waals surface area (Å²) in [4.78, 5) is 24.1. The first-order valence-corrected chi connectivity index (χ1v) is 8.17. The maximum Gasteiger partial charge on any atom is 0.337 e. The van der Waals surface area contributed by atoms with E-state index in [-0.39, 0.29) is 5.91 Å². The average molecular weight is 341 g/mol. The van der Waals surface area contributed by atoms with E-state index in [1.54, 1.807) is 24.3 Å². The van der Waals surface area contributed by atoms with E-state index in [4.69, 9.17) is 9.47 Å². The number of anilines is 1. The van der Waals surface area contributed by atoms with Gasteiger partial charge in [0.15, 0.2) is 6.10 Å². The molecule has 0 aliphatic rings. The summed E-state index contributed by atoms with van der Waals surface area (Å²) in [6, 6.07) is 12.5. The van der Waals surface area contributed by atoms with Gasteiger partial charge in [-0.3, -0.25) is 4.79 Å². The zero-order chi connectivity index (χ0) is 18.4. The van der Waals surface area contributed by atoms with Gasteiger partial charge in [-0.2, -0.15) is 0 Å². The second kappa shape index (κ2) is 8.33. The Morgan fingerprint density at radius 3 is 2.56 bits per heavy atom. The van der Waals surface area contributed by atoms with Gasteiger partial charge in [0.2, 0.25) is 0 Å². The third kappa shape index (κ3) is 4.83. The largest absolute Gasteiger partial charge is 0.480 e. The van der Waals surface area contributed by atoms with Gasteiger partial charge >= 0.3 is 5.97 Å². The van der Waals surface area contributed by atoms with E-state index in [0.29, 0.717) is 23.4 Å². The number of methoxy groups -OCH3 is 1. The van der Waals surface area contributed by atoms with Crippen LogP contribution in [-0.4, -0.2) is 25.1 Å².